The lowest BCUT2D eigenvalue weighted by Crippen LogP contribution is -2.35. The zero-order valence-corrected chi connectivity index (χ0v) is 14.6. The van der Waals surface area contributed by atoms with Gasteiger partial charge in [-0.15, -0.1) is 13.2 Å². The van der Waals surface area contributed by atoms with Gasteiger partial charge in [0.2, 0.25) is 0 Å². The third-order valence-electron chi connectivity index (χ3n) is 4.33. The maximum Gasteiger partial charge on any atom is 0.573 e. The first-order chi connectivity index (χ1) is 12.3. The lowest BCUT2D eigenvalue weighted by Gasteiger charge is -2.22. The van der Waals surface area contributed by atoms with Crippen molar-refractivity contribution in [1.29, 1.82) is 0 Å². The van der Waals surface area contributed by atoms with Gasteiger partial charge >= 0.3 is 6.36 Å². The molecule has 3 rings (SSSR count). The largest absolute Gasteiger partial charge is 0.573 e. The predicted octanol–water partition coefficient (Wildman–Crippen LogP) is 3.78. The number of benzene rings is 2. The topological polar surface area (TPSA) is 55.4 Å². The SMILES string of the molecule is O=S(=O)(c1ccc(-c2ccc(OC(F)(F)F)cc2)cc1)C1CCNCC1. The molecule has 0 radical (unpaired) electrons. The molecule has 0 aromatic heterocycles. The highest BCUT2D eigenvalue weighted by molar-refractivity contribution is 7.92. The van der Waals surface area contributed by atoms with Crippen LogP contribution in [0.15, 0.2) is 53.4 Å². The van der Waals surface area contributed by atoms with Gasteiger partial charge in [0.25, 0.3) is 0 Å². The summed E-state index contributed by atoms with van der Waals surface area (Å²) in [6.07, 6.45) is -3.55. The Morgan fingerprint density at radius 1 is 0.885 bits per heavy atom. The van der Waals surface area contributed by atoms with Gasteiger partial charge in [0.05, 0.1) is 10.1 Å². The molecule has 8 heteroatoms. The highest BCUT2D eigenvalue weighted by Gasteiger charge is 2.31. The predicted molar refractivity (Wildman–Crippen MR) is 91.6 cm³/mol. The van der Waals surface area contributed by atoms with Gasteiger partial charge < -0.3 is 10.1 Å². The highest BCUT2D eigenvalue weighted by atomic mass is 32.2. The molecule has 26 heavy (non-hydrogen) atoms. The van der Waals surface area contributed by atoms with Crippen molar-refractivity contribution in [2.45, 2.75) is 29.3 Å². The van der Waals surface area contributed by atoms with Crippen molar-refractivity contribution in [3.8, 4) is 16.9 Å². The number of ether oxygens (including phenoxy) is 1. The van der Waals surface area contributed by atoms with Crippen molar-refractivity contribution in [1.82, 2.24) is 5.32 Å². The summed E-state index contributed by atoms with van der Waals surface area (Å²) in [5.41, 5.74) is 1.39. The molecule has 1 heterocycles. The van der Waals surface area contributed by atoms with E-state index < -0.39 is 16.2 Å². The molecule has 1 aliphatic heterocycles. The molecule has 1 aliphatic rings. The molecule has 2 aromatic carbocycles. The highest BCUT2D eigenvalue weighted by Crippen LogP contribution is 2.28. The Balaban J connectivity index is 1.77. The first-order valence-corrected chi connectivity index (χ1v) is 9.71. The van der Waals surface area contributed by atoms with E-state index in [0.29, 0.717) is 37.1 Å². The molecule has 0 amide bonds. The van der Waals surface area contributed by atoms with Gasteiger partial charge in [-0.1, -0.05) is 24.3 Å². The van der Waals surface area contributed by atoms with Crippen LogP contribution in [0.5, 0.6) is 5.75 Å². The summed E-state index contributed by atoms with van der Waals surface area (Å²) in [4.78, 5) is 0.269. The second kappa shape index (κ2) is 7.28. The van der Waals surface area contributed by atoms with Gasteiger partial charge in [-0.05, 0) is 61.3 Å². The fourth-order valence-electron chi connectivity index (χ4n) is 2.98. The lowest BCUT2D eigenvalue weighted by molar-refractivity contribution is -0.274. The fraction of sp³-hybridized carbons (Fsp3) is 0.333. The maximum absolute atomic E-state index is 12.7. The molecule has 0 spiro atoms. The normalized spacial score (nSPS) is 16.4. The average molecular weight is 385 g/mol. The standard InChI is InChI=1S/C18H18F3NO3S/c19-18(20,21)25-15-5-1-13(2-6-15)14-3-7-16(8-4-14)26(23,24)17-9-11-22-12-10-17/h1-8,17,22H,9-12H2. The number of halogens is 3. The Kier molecular flexibility index (Phi) is 5.24. The molecule has 1 N–H and O–H groups in total. The van der Waals surface area contributed by atoms with Crippen molar-refractivity contribution >= 4 is 9.84 Å². The van der Waals surface area contributed by atoms with E-state index in [-0.39, 0.29) is 15.9 Å². The van der Waals surface area contributed by atoms with E-state index >= 15 is 0 Å². The van der Waals surface area contributed by atoms with Crippen LogP contribution in [0.25, 0.3) is 11.1 Å². The van der Waals surface area contributed by atoms with Crippen LogP contribution in [-0.2, 0) is 9.84 Å². The van der Waals surface area contributed by atoms with Crippen LogP contribution in [0, 0.1) is 0 Å². The Hall–Kier alpha value is -2.06. The molecule has 0 saturated carbocycles. The minimum atomic E-state index is -4.73. The quantitative estimate of drug-likeness (QED) is 0.870. The Morgan fingerprint density at radius 3 is 1.88 bits per heavy atom. The summed E-state index contributed by atoms with van der Waals surface area (Å²) in [5, 5.41) is 2.76. The Bertz CT molecular complexity index is 841. The van der Waals surface area contributed by atoms with Gasteiger partial charge in [0, 0.05) is 0 Å². The summed E-state index contributed by atoms with van der Waals surface area (Å²) < 4.78 is 65.7. The zero-order chi connectivity index (χ0) is 18.8. The first-order valence-electron chi connectivity index (χ1n) is 8.16. The van der Waals surface area contributed by atoms with Crippen molar-refractivity contribution in [2.75, 3.05) is 13.1 Å². The van der Waals surface area contributed by atoms with E-state index in [4.69, 9.17) is 0 Å². The Morgan fingerprint density at radius 2 is 1.38 bits per heavy atom. The number of hydrogen-bond donors (Lipinski definition) is 1. The molecule has 0 unspecified atom stereocenters. The van der Waals surface area contributed by atoms with Crippen LogP contribution in [0.2, 0.25) is 0 Å². The van der Waals surface area contributed by atoms with Gasteiger partial charge in [-0.2, -0.15) is 0 Å². The van der Waals surface area contributed by atoms with Gasteiger partial charge in [-0.3, -0.25) is 0 Å². The number of piperidine rings is 1. The molecule has 0 atom stereocenters. The lowest BCUT2D eigenvalue weighted by atomic mass is 10.1. The summed E-state index contributed by atoms with van der Waals surface area (Å²) >= 11 is 0. The maximum atomic E-state index is 12.7. The van der Waals surface area contributed by atoms with Gasteiger partial charge in [0.1, 0.15) is 5.75 Å². The number of hydrogen-bond acceptors (Lipinski definition) is 4. The van der Waals surface area contributed by atoms with Crippen LogP contribution in [0.3, 0.4) is 0 Å². The molecule has 4 nitrogen and oxygen atoms in total. The summed E-state index contributed by atoms with van der Waals surface area (Å²) in [5.74, 6) is -0.300. The van der Waals surface area contributed by atoms with Crippen LogP contribution in [0.4, 0.5) is 13.2 Å². The first kappa shape index (κ1) is 18.7. The van der Waals surface area contributed by atoms with Crippen LogP contribution < -0.4 is 10.1 Å². The monoisotopic (exact) mass is 385 g/mol. The van der Waals surface area contributed by atoms with Crippen molar-refractivity contribution in [3.05, 3.63) is 48.5 Å². The molecule has 2 aromatic rings. The van der Waals surface area contributed by atoms with E-state index in [1.54, 1.807) is 24.3 Å². The summed E-state index contributed by atoms with van der Waals surface area (Å²) in [6, 6.07) is 11.9. The minimum absolute atomic E-state index is 0.269. The second-order valence-corrected chi connectivity index (χ2v) is 8.32. The smallest absolute Gasteiger partial charge is 0.406 e. The molecular weight excluding hydrogens is 367 g/mol. The van der Waals surface area contributed by atoms with E-state index in [1.165, 1.54) is 24.3 Å². The fourth-order valence-corrected chi connectivity index (χ4v) is 4.74. The molecule has 0 aliphatic carbocycles. The molecule has 140 valence electrons. The van der Waals surface area contributed by atoms with Crippen LogP contribution in [0.1, 0.15) is 12.8 Å². The number of alkyl halides is 3. The molecule has 0 bridgehead atoms. The summed E-state index contributed by atoms with van der Waals surface area (Å²) in [6.45, 7) is 1.38. The average Bonchev–Trinajstić information content (AvgIpc) is 2.62. The van der Waals surface area contributed by atoms with Gasteiger partial charge in [-0.25, -0.2) is 8.42 Å². The third kappa shape index (κ3) is 4.37. The van der Waals surface area contributed by atoms with E-state index in [1.807, 2.05) is 0 Å². The van der Waals surface area contributed by atoms with Crippen molar-refractivity contribution in [2.24, 2.45) is 0 Å². The van der Waals surface area contributed by atoms with Crippen molar-refractivity contribution < 1.29 is 26.3 Å². The third-order valence-corrected chi connectivity index (χ3v) is 6.61. The van der Waals surface area contributed by atoms with E-state index in [0.717, 1.165) is 0 Å². The summed E-state index contributed by atoms with van der Waals surface area (Å²) in [7, 11) is -3.37. The van der Waals surface area contributed by atoms with E-state index in [9.17, 15) is 21.6 Å². The molecular formula is C18H18F3NO3S. The molecule has 1 fully saturated rings. The Labute approximate surface area is 149 Å². The number of rotatable bonds is 4. The molecule has 1 saturated heterocycles. The van der Waals surface area contributed by atoms with Crippen LogP contribution >= 0.6 is 0 Å². The zero-order valence-electron chi connectivity index (χ0n) is 13.8. The van der Waals surface area contributed by atoms with Crippen molar-refractivity contribution in [3.63, 3.8) is 0 Å². The number of sulfone groups is 1. The number of nitrogens with one attached hydrogen (secondary N) is 1. The van der Waals surface area contributed by atoms with E-state index in [2.05, 4.69) is 10.1 Å². The second-order valence-electron chi connectivity index (χ2n) is 6.09. The minimum Gasteiger partial charge on any atom is -0.406 e. The van der Waals surface area contributed by atoms with Gasteiger partial charge in [0.15, 0.2) is 9.84 Å². The van der Waals surface area contributed by atoms with Crippen LogP contribution in [-0.4, -0.2) is 33.1 Å².